The van der Waals surface area contributed by atoms with E-state index >= 15 is 0 Å². The fourth-order valence-electron chi connectivity index (χ4n) is 1.34. The van der Waals surface area contributed by atoms with E-state index in [0.29, 0.717) is 11.8 Å². The zero-order chi connectivity index (χ0) is 12.0. The summed E-state index contributed by atoms with van der Waals surface area (Å²) in [6.07, 6.45) is 0.655. The number of phenolic OH excluding ortho intramolecular Hbond substituents is 1. The van der Waals surface area contributed by atoms with E-state index in [0.717, 1.165) is 10.8 Å². The summed E-state index contributed by atoms with van der Waals surface area (Å²) in [5.74, 6) is 0.0358. The summed E-state index contributed by atoms with van der Waals surface area (Å²) in [7, 11) is 0. The molecule has 0 bridgehead atoms. The summed E-state index contributed by atoms with van der Waals surface area (Å²) in [6, 6.07) is 10.9. The van der Waals surface area contributed by atoms with Gasteiger partial charge in [-0.3, -0.25) is 4.79 Å². The minimum absolute atomic E-state index is 0.0358. The molecule has 0 atom stereocenters. The summed E-state index contributed by atoms with van der Waals surface area (Å²) in [5.41, 5.74) is 0.332. The molecule has 0 spiro atoms. The van der Waals surface area contributed by atoms with Crippen molar-refractivity contribution in [2.45, 2.75) is 0 Å². The second kappa shape index (κ2) is 6.13. The van der Waals surface area contributed by atoms with Gasteiger partial charge < -0.3 is 5.11 Å². The zero-order valence-electron chi connectivity index (χ0n) is 8.12. The van der Waals surface area contributed by atoms with Gasteiger partial charge in [0.25, 0.3) is 0 Å². The van der Waals surface area contributed by atoms with E-state index in [1.807, 2.05) is 24.3 Å². The Balaban J connectivity index is 0.000000386. The first-order valence-corrected chi connectivity index (χ1v) is 5.95. The molecular formula is C11H8MoO4. The van der Waals surface area contributed by atoms with Gasteiger partial charge in [0, 0.05) is 0 Å². The van der Waals surface area contributed by atoms with Crippen LogP contribution < -0.4 is 0 Å². The molecule has 0 aliphatic carbocycles. The van der Waals surface area contributed by atoms with Crippen LogP contribution in [0, 0.1) is 0 Å². The van der Waals surface area contributed by atoms with Crippen molar-refractivity contribution >= 4 is 17.1 Å². The first-order chi connectivity index (χ1) is 7.72. The number of aromatic hydroxyl groups is 1. The van der Waals surface area contributed by atoms with Gasteiger partial charge in [-0.05, 0) is 22.9 Å². The van der Waals surface area contributed by atoms with Crippen LogP contribution in [-0.2, 0) is 25.3 Å². The van der Waals surface area contributed by atoms with Gasteiger partial charge in [0.1, 0.15) is 5.75 Å². The molecule has 0 aliphatic heterocycles. The van der Waals surface area contributed by atoms with E-state index in [1.54, 1.807) is 12.1 Å². The number of hydrogen-bond acceptors (Lipinski definition) is 4. The molecule has 2 aromatic carbocycles. The number of carbonyl (C=O) groups is 1. The number of hydrogen-bond donors (Lipinski definition) is 1. The first kappa shape index (κ1) is 12.5. The van der Waals surface area contributed by atoms with E-state index in [2.05, 4.69) is 0 Å². The number of rotatable bonds is 1. The molecule has 4 nitrogen and oxygen atoms in total. The van der Waals surface area contributed by atoms with Crippen LogP contribution in [-0.4, -0.2) is 11.4 Å². The standard InChI is InChI=1S/C11H8O2.Mo.2O/c12-7-10-5-8-3-1-2-4-9(8)6-11(10)13;;;/h1-7,13H;;;. The van der Waals surface area contributed by atoms with Crippen molar-refractivity contribution in [3.8, 4) is 5.75 Å². The normalized spacial score (nSPS) is 9.00. The fraction of sp³-hybridized carbons (Fsp3) is 0. The third kappa shape index (κ3) is 2.97. The van der Waals surface area contributed by atoms with Crippen molar-refractivity contribution in [3.05, 3.63) is 42.0 Å². The Kier molecular flexibility index (Phi) is 4.80. The van der Waals surface area contributed by atoms with Gasteiger partial charge in [0.15, 0.2) is 6.29 Å². The molecule has 0 aromatic heterocycles. The van der Waals surface area contributed by atoms with Gasteiger partial charge in [-0.25, -0.2) is 0 Å². The van der Waals surface area contributed by atoms with E-state index < -0.39 is 18.5 Å². The van der Waals surface area contributed by atoms with E-state index in [-0.39, 0.29) is 5.75 Å². The van der Waals surface area contributed by atoms with Gasteiger partial charge in [0.2, 0.25) is 0 Å². The summed E-state index contributed by atoms with van der Waals surface area (Å²) < 4.78 is 17.0. The molecule has 82 valence electrons. The molecule has 0 saturated carbocycles. The fourth-order valence-corrected chi connectivity index (χ4v) is 1.34. The number of phenols is 1. The van der Waals surface area contributed by atoms with Gasteiger partial charge >= 0.3 is 25.3 Å². The third-order valence-electron chi connectivity index (χ3n) is 2.02. The quantitative estimate of drug-likeness (QED) is 0.647. The SMILES string of the molecule is O=Cc1cc2ccccc2cc1O.[O]=[Mo]=[O]. The number of benzene rings is 2. The Morgan fingerprint density at radius 2 is 1.56 bits per heavy atom. The minimum atomic E-state index is -2.03. The van der Waals surface area contributed by atoms with Crippen LogP contribution in [0.25, 0.3) is 10.8 Å². The van der Waals surface area contributed by atoms with Crippen molar-refractivity contribution in [1.82, 2.24) is 0 Å². The zero-order valence-corrected chi connectivity index (χ0v) is 10.1. The Morgan fingerprint density at radius 1 is 1.06 bits per heavy atom. The Bertz CT molecular complexity index is 545. The van der Waals surface area contributed by atoms with Crippen molar-refractivity contribution in [3.63, 3.8) is 0 Å². The van der Waals surface area contributed by atoms with Crippen molar-refractivity contribution in [1.29, 1.82) is 0 Å². The molecule has 1 N–H and O–H groups in total. The van der Waals surface area contributed by atoms with Crippen molar-refractivity contribution < 1.29 is 35.2 Å². The molecular weight excluding hydrogens is 292 g/mol. The molecule has 0 unspecified atom stereocenters. The molecule has 5 heteroatoms. The van der Waals surface area contributed by atoms with Gasteiger partial charge in [0.05, 0.1) is 5.56 Å². The summed E-state index contributed by atoms with van der Waals surface area (Å²) in [5, 5.41) is 11.3. The summed E-state index contributed by atoms with van der Waals surface area (Å²) >= 11 is -2.03. The molecule has 0 amide bonds. The molecule has 0 aliphatic rings. The van der Waals surface area contributed by atoms with Gasteiger partial charge in [-0.2, -0.15) is 0 Å². The van der Waals surface area contributed by atoms with Crippen LogP contribution in [0.15, 0.2) is 36.4 Å². The maximum atomic E-state index is 10.5. The molecule has 2 aromatic rings. The maximum absolute atomic E-state index is 10.5. The first-order valence-electron chi connectivity index (χ1n) is 4.31. The van der Waals surface area contributed by atoms with Crippen molar-refractivity contribution in [2.24, 2.45) is 0 Å². The third-order valence-corrected chi connectivity index (χ3v) is 2.02. The Labute approximate surface area is 100 Å². The topological polar surface area (TPSA) is 71.4 Å². The van der Waals surface area contributed by atoms with E-state index in [4.69, 9.17) is 6.80 Å². The van der Waals surface area contributed by atoms with E-state index in [1.165, 1.54) is 0 Å². The second-order valence-electron chi connectivity index (χ2n) is 2.94. The second-order valence-corrected chi connectivity index (χ2v) is 3.28. The molecule has 16 heavy (non-hydrogen) atoms. The van der Waals surface area contributed by atoms with Crippen LogP contribution in [0.5, 0.6) is 5.75 Å². The number of fused-ring (bicyclic) bond motifs is 1. The van der Waals surface area contributed by atoms with Crippen LogP contribution in [0.1, 0.15) is 10.4 Å². The monoisotopic (exact) mass is 302 g/mol. The Morgan fingerprint density at radius 3 is 2.06 bits per heavy atom. The van der Waals surface area contributed by atoms with Gasteiger partial charge in [-0.1, -0.05) is 24.3 Å². The molecule has 0 radical (unpaired) electrons. The van der Waals surface area contributed by atoms with Crippen LogP contribution >= 0.6 is 0 Å². The number of aldehydes is 1. The summed E-state index contributed by atoms with van der Waals surface area (Å²) in [4.78, 5) is 10.5. The number of carbonyl (C=O) groups excluding carboxylic acids is 1. The molecule has 2 rings (SSSR count). The average molecular weight is 300 g/mol. The predicted molar refractivity (Wildman–Crippen MR) is 52.4 cm³/mol. The van der Waals surface area contributed by atoms with Crippen LogP contribution in [0.2, 0.25) is 0 Å². The van der Waals surface area contributed by atoms with Crippen molar-refractivity contribution in [2.75, 3.05) is 0 Å². The van der Waals surface area contributed by atoms with Gasteiger partial charge in [-0.15, -0.1) is 0 Å². The molecule has 0 fully saturated rings. The summed E-state index contributed by atoms with van der Waals surface area (Å²) in [6.45, 7) is 0. The van der Waals surface area contributed by atoms with Crippen LogP contribution in [0.3, 0.4) is 0 Å². The predicted octanol–water partition coefficient (Wildman–Crippen LogP) is 2.12. The average Bonchev–Trinajstić information content (AvgIpc) is 2.29. The Hall–Kier alpha value is -1.54. The molecule has 0 heterocycles. The molecule has 0 saturated heterocycles. The van der Waals surface area contributed by atoms with E-state index in [9.17, 15) is 9.90 Å². The van der Waals surface area contributed by atoms with Crippen LogP contribution in [0.4, 0.5) is 0 Å².